The van der Waals surface area contributed by atoms with Crippen LogP contribution in [-0.2, 0) is 4.79 Å². The Labute approximate surface area is 97.7 Å². The third-order valence-electron chi connectivity index (χ3n) is 2.69. The molecule has 0 unspecified atom stereocenters. The Balaban J connectivity index is 2.02. The van der Waals surface area contributed by atoms with Crippen molar-refractivity contribution in [1.82, 2.24) is 14.8 Å². The maximum atomic E-state index is 12.1. The Kier molecular flexibility index (Phi) is 3.19. The van der Waals surface area contributed by atoms with Gasteiger partial charge in [0.2, 0.25) is 6.41 Å². The minimum absolute atomic E-state index is 0.0329. The maximum absolute atomic E-state index is 12.1. The van der Waals surface area contributed by atoms with E-state index in [1.165, 1.54) is 11.3 Å². The van der Waals surface area contributed by atoms with Crippen molar-refractivity contribution in [2.24, 2.45) is 0 Å². The molecule has 1 aromatic rings. The van der Waals surface area contributed by atoms with E-state index in [1.54, 1.807) is 15.3 Å². The van der Waals surface area contributed by atoms with Gasteiger partial charge in [0.15, 0.2) is 0 Å². The summed E-state index contributed by atoms with van der Waals surface area (Å²) in [4.78, 5) is 30.8. The predicted octanol–water partition coefficient (Wildman–Crippen LogP) is 0.366. The number of nitrogens with zero attached hydrogens (tertiary/aromatic N) is 3. The maximum Gasteiger partial charge on any atom is 0.265 e. The number of aryl methyl sites for hydroxylation is 1. The largest absolute Gasteiger partial charge is 0.342 e. The van der Waals surface area contributed by atoms with Gasteiger partial charge in [-0.15, -0.1) is 11.3 Å². The second-order valence-electron chi connectivity index (χ2n) is 3.70. The van der Waals surface area contributed by atoms with Gasteiger partial charge in [-0.05, 0) is 6.92 Å². The average molecular weight is 239 g/mol. The van der Waals surface area contributed by atoms with Crippen molar-refractivity contribution < 1.29 is 9.59 Å². The Morgan fingerprint density at radius 3 is 2.62 bits per heavy atom. The number of amides is 2. The summed E-state index contributed by atoms with van der Waals surface area (Å²) >= 11 is 1.37. The molecule has 86 valence electrons. The molecule has 0 aliphatic carbocycles. The van der Waals surface area contributed by atoms with E-state index in [2.05, 4.69) is 4.98 Å². The van der Waals surface area contributed by atoms with Crippen molar-refractivity contribution in [3.05, 3.63) is 16.1 Å². The smallest absolute Gasteiger partial charge is 0.265 e. The number of carbonyl (C=O) groups is 2. The normalized spacial score (nSPS) is 16.3. The highest BCUT2D eigenvalue weighted by Crippen LogP contribution is 2.16. The second-order valence-corrected chi connectivity index (χ2v) is 4.56. The summed E-state index contributed by atoms with van der Waals surface area (Å²) in [6.45, 7) is 4.29. The van der Waals surface area contributed by atoms with Crippen LogP contribution >= 0.6 is 11.3 Å². The van der Waals surface area contributed by atoms with Gasteiger partial charge in [-0.3, -0.25) is 9.59 Å². The van der Waals surface area contributed by atoms with Crippen molar-refractivity contribution in [2.45, 2.75) is 6.92 Å². The molecule has 5 nitrogen and oxygen atoms in total. The van der Waals surface area contributed by atoms with Gasteiger partial charge in [-0.25, -0.2) is 4.98 Å². The van der Waals surface area contributed by atoms with Gasteiger partial charge in [0, 0.05) is 26.2 Å². The van der Waals surface area contributed by atoms with Gasteiger partial charge in [-0.2, -0.15) is 0 Å². The summed E-state index contributed by atoms with van der Waals surface area (Å²) < 4.78 is 0. The SMILES string of the molecule is Cc1ncsc1C(=O)N1CCN(C=O)CC1. The van der Waals surface area contributed by atoms with E-state index in [0.29, 0.717) is 31.1 Å². The van der Waals surface area contributed by atoms with Gasteiger partial charge in [0.1, 0.15) is 4.88 Å². The van der Waals surface area contributed by atoms with E-state index in [4.69, 9.17) is 0 Å². The molecule has 0 saturated carbocycles. The average Bonchev–Trinajstić information content (AvgIpc) is 2.75. The summed E-state index contributed by atoms with van der Waals surface area (Å²) in [5.41, 5.74) is 2.47. The van der Waals surface area contributed by atoms with Gasteiger partial charge < -0.3 is 9.80 Å². The van der Waals surface area contributed by atoms with Crippen LogP contribution in [0.25, 0.3) is 0 Å². The topological polar surface area (TPSA) is 53.5 Å². The number of piperazine rings is 1. The van der Waals surface area contributed by atoms with Crippen LogP contribution in [0.15, 0.2) is 5.51 Å². The summed E-state index contributed by atoms with van der Waals surface area (Å²) in [6.07, 6.45) is 0.833. The van der Waals surface area contributed by atoms with E-state index in [-0.39, 0.29) is 5.91 Å². The molecule has 1 saturated heterocycles. The highest BCUT2D eigenvalue weighted by Gasteiger charge is 2.23. The Bertz CT molecular complexity index is 397. The summed E-state index contributed by atoms with van der Waals surface area (Å²) in [5, 5.41) is 0. The number of hydrogen-bond acceptors (Lipinski definition) is 4. The first-order chi connectivity index (χ1) is 7.72. The predicted molar refractivity (Wildman–Crippen MR) is 60.4 cm³/mol. The van der Waals surface area contributed by atoms with Gasteiger partial charge >= 0.3 is 0 Å². The summed E-state index contributed by atoms with van der Waals surface area (Å²) in [7, 11) is 0. The molecule has 6 heteroatoms. The number of carbonyl (C=O) groups excluding carboxylic acids is 2. The molecule has 1 fully saturated rings. The molecule has 0 bridgehead atoms. The van der Waals surface area contributed by atoms with E-state index in [0.717, 1.165) is 12.1 Å². The number of aromatic nitrogens is 1. The van der Waals surface area contributed by atoms with Gasteiger partial charge in [0.25, 0.3) is 5.91 Å². The molecule has 1 aliphatic heterocycles. The van der Waals surface area contributed by atoms with Crippen LogP contribution in [0, 0.1) is 6.92 Å². The van der Waals surface area contributed by atoms with Crippen LogP contribution in [0.2, 0.25) is 0 Å². The lowest BCUT2D eigenvalue weighted by molar-refractivity contribution is -0.119. The fraction of sp³-hybridized carbons (Fsp3) is 0.500. The molecule has 1 aliphatic rings. The van der Waals surface area contributed by atoms with E-state index >= 15 is 0 Å². The van der Waals surface area contributed by atoms with Crippen LogP contribution < -0.4 is 0 Å². The molecule has 0 atom stereocenters. The van der Waals surface area contributed by atoms with Gasteiger partial charge in [-0.1, -0.05) is 0 Å². The first kappa shape index (κ1) is 11.1. The first-order valence-electron chi connectivity index (χ1n) is 5.11. The van der Waals surface area contributed by atoms with Crippen molar-refractivity contribution in [3.8, 4) is 0 Å². The molecule has 0 spiro atoms. The van der Waals surface area contributed by atoms with Crippen LogP contribution in [0.1, 0.15) is 15.4 Å². The Morgan fingerprint density at radius 1 is 1.44 bits per heavy atom. The molecule has 2 rings (SSSR count). The molecule has 16 heavy (non-hydrogen) atoms. The lowest BCUT2D eigenvalue weighted by atomic mass is 10.3. The van der Waals surface area contributed by atoms with Crippen molar-refractivity contribution >= 4 is 23.7 Å². The van der Waals surface area contributed by atoms with E-state index < -0.39 is 0 Å². The zero-order valence-electron chi connectivity index (χ0n) is 9.05. The molecule has 0 aromatic carbocycles. The van der Waals surface area contributed by atoms with Crippen LogP contribution in [0.4, 0.5) is 0 Å². The number of rotatable bonds is 2. The lowest BCUT2D eigenvalue weighted by Gasteiger charge is -2.32. The molecular formula is C10H13N3O2S. The third-order valence-corrected chi connectivity index (χ3v) is 3.61. The molecule has 0 N–H and O–H groups in total. The van der Waals surface area contributed by atoms with Crippen molar-refractivity contribution in [1.29, 1.82) is 0 Å². The van der Waals surface area contributed by atoms with Crippen molar-refractivity contribution in [3.63, 3.8) is 0 Å². The minimum atomic E-state index is 0.0329. The van der Waals surface area contributed by atoms with Crippen LogP contribution in [0.3, 0.4) is 0 Å². The summed E-state index contributed by atoms with van der Waals surface area (Å²) in [6, 6.07) is 0. The number of thiazole rings is 1. The zero-order valence-corrected chi connectivity index (χ0v) is 9.87. The molecular weight excluding hydrogens is 226 g/mol. The van der Waals surface area contributed by atoms with E-state index in [9.17, 15) is 9.59 Å². The molecule has 2 heterocycles. The van der Waals surface area contributed by atoms with Gasteiger partial charge in [0.05, 0.1) is 11.2 Å². The molecule has 2 amide bonds. The Hall–Kier alpha value is -1.43. The first-order valence-corrected chi connectivity index (χ1v) is 5.99. The highest BCUT2D eigenvalue weighted by atomic mass is 32.1. The Morgan fingerprint density at radius 2 is 2.12 bits per heavy atom. The molecule has 0 radical (unpaired) electrons. The molecule has 1 aromatic heterocycles. The zero-order chi connectivity index (χ0) is 11.5. The highest BCUT2D eigenvalue weighted by molar-refractivity contribution is 7.11. The standard InChI is InChI=1S/C10H13N3O2S/c1-8-9(16-6-11-8)10(15)13-4-2-12(7-14)3-5-13/h6-7H,2-5H2,1H3. The number of hydrogen-bond donors (Lipinski definition) is 0. The third kappa shape index (κ3) is 2.06. The van der Waals surface area contributed by atoms with Crippen LogP contribution in [-0.4, -0.2) is 53.3 Å². The monoisotopic (exact) mass is 239 g/mol. The second kappa shape index (κ2) is 4.61. The minimum Gasteiger partial charge on any atom is -0.342 e. The van der Waals surface area contributed by atoms with Crippen LogP contribution in [0.5, 0.6) is 0 Å². The van der Waals surface area contributed by atoms with Crippen molar-refractivity contribution in [2.75, 3.05) is 26.2 Å². The lowest BCUT2D eigenvalue weighted by Crippen LogP contribution is -2.48. The fourth-order valence-electron chi connectivity index (χ4n) is 1.68. The fourth-order valence-corrected chi connectivity index (χ4v) is 2.45. The quantitative estimate of drug-likeness (QED) is 0.700. The summed E-state index contributed by atoms with van der Waals surface area (Å²) in [5.74, 6) is 0.0329. The van der Waals surface area contributed by atoms with E-state index in [1.807, 2.05) is 6.92 Å².